The Kier molecular flexibility index (Phi) is 3.26. The molecule has 1 amide bonds. The van der Waals surface area contributed by atoms with Crippen molar-refractivity contribution in [2.75, 3.05) is 13.1 Å². The number of para-hydroxylation sites is 1. The Hall–Kier alpha value is -2.54. The standard InChI is InChI=1S/C14H12FN3O3/c15-10-3-1-2-4-12(10)18-13(20)6-5-11(16-18)14(21)17-7-9(19)8-17/h1-6,9,19H,7-8H2. The van der Waals surface area contributed by atoms with Crippen molar-refractivity contribution in [3.05, 3.63) is 58.3 Å². The second-order valence-corrected chi connectivity index (χ2v) is 4.78. The van der Waals surface area contributed by atoms with E-state index in [0.29, 0.717) is 0 Å². The Morgan fingerprint density at radius 1 is 1.24 bits per heavy atom. The van der Waals surface area contributed by atoms with Crippen LogP contribution in [0.3, 0.4) is 0 Å². The quantitative estimate of drug-likeness (QED) is 0.856. The fourth-order valence-corrected chi connectivity index (χ4v) is 2.10. The number of rotatable bonds is 2. The lowest BCUT2D eigenvalue weighted by Gasteiger charge is -2.35. The van der Waals surface area contributed by atoms with Crippen molar-refractivity contribution in [2.24, 2.45) is 0 Å². The third kappa shape index (κ3) is 2.43. The maximum atomic E-state index is 13.7. The first-order valence-electron chi connectivity index (χ1n) is 6.39. The predicted octanol–water partition coefficient (Wildman–Crippen LogP) is 0.188. The molecule has 21 heavy (non-hydrogen) atoms. The summed E-state index contributed by atoms with van der Waals surface area (Å²) in [7, 11) is 0. The highest BCUT2D eigenvalue weighted by molar-refractivity contribution is 5.92. The molecule has 0 aliphatic carbocycles. The molecule has 2 aromatic rings. The van der Waals surface area contributed by atoms with E-state index in [9.17, 15) is 19.1 Å². The van der Waals surface area contributed by atoms with Gasteiger partial charge in [-0.15, -0.1) is 0 Å². The molecule has 1 aliphatic rings. The number of β-amino-alcohol motifs (C(OH)–C–C–N with tert-alkyl or cyclic N) is 1. The first-order valence-corrected chi connectivity index (χ1v) is 6.39. The summed E-state index contributed by atoms with van der Waals surface area (Å²) >= 11 is 0. The first-order chi connectivity index (χ1) is 10.1. The summed E-state index contributed by atoms with van der Waals surface area (Å²) in [4.78, 5) is 25.3. The molecule has 108 valence electrons. The maximum absolute atomic E-state index is 13.7. The molecule has 1 saturated heterocycles. The predicted molar refractivity (Wildman–Crippen MR) is 71.7 cm³/mol. The highest BCUT2D eigenvalue weighted by Gasteiger charge is 2.30. The van der Waals surface area contributed by atoms with E-state index < -0.39 is 23.4 Å². The van der Waals surface area contributed by atoms with Gasteiger partial charge >= 0.3 is 0 Å². The number of amides is 1. The molecular formula is C14H12FN3O3. The molecule has 3 rings (SSSR count). The zero-order chi connectivity index (χ0) is 15.0. The first kappa shape index (κ1) is 13.4. The van der Waals surface area contributed by atoms with Crippen molar-refractivity contribution in [1.82, 2.24) is 14.7 Å². The molecule has 0 radical (unpaired) electrons. The summed E-state index contributed by atoms with van der Waals surface area (Å²) < 4.78 is 14.6. The van der Waals surface area contributed by atoms with E-state index in [1.807, 2.05) is 0 Å². The minimum absolute atomic E-state index is 0.0132. The van der Waals surface area contributed by atoms with Gasteiger partial charge in [0.15, 0.2) is 0 Å². The molecule has 0 saturated carbocycles. The highest BCUT2D eigenvalue weighted by Crippen LogP contribution is 2.13. The fraction of sp³-hybridized carbons (Fsp3) is 0.214. The summed E-state index contributed by atoms with van der Waals surface area (Å²) in [5.74, 6) is -0.999. The monoisotopic (exact) mass is 289 g/mol. The van der Waals surface area contributed by atoms with Crippen LogP contribution >= 0.6 is 0 Å². The van der Waals surface area contributed by atoms with Gasteiger partial charge in [0, 0.05) is 19.2 Å². The van der Waals surface area contributed by atoms with Crippen molar-refractivity contribution in [3.63, 3.8) is 0 Å². The summed E-state index contributed by atoms with van der Waals surface area (Å²) in [6, 6.07) is 8.16. The number of aromatic nitrogens is 2. The Morgan fingerprint density at radius 3 is 2.62 bits per heavy atom. The molecule has 0 bridgehead atoms. The van der Waals surface area contributed by atoms with Crippen molar-refractivity contribution < 1.29 is 14.3 Å². The summed E-state index contributed by atoms with van der Waals surface area (Å²) in [6.07, 6.45) is -0.522. The van der Waals surface area contributed by atoms with Gasteiger partial charge in [0.05, 0.1) is 6.10 Å². The lowest BCUT2D eigenvalue weighted by Crippen LogP contribution is -2.53. The van der Waals surface area contributed by atoms with E-state index in [2.05, 4.69) is 5.10 Å². The van der Waals surface area contributed by atoms with E-state index in [1.54, 1.807) is 6.07 Å². The number of aliphatic hydroxyl groups is 1. The smallest absolute Gasteiger partial charge is 0.274 e. The molecule has 1 N–H and O–H groups in total. The normalized spacial score (nSPS) is 14.9. The minimum atomic E-state index is -0.601. The molecule has 2 heterocycles. The van der Waals surface area contributed by atoms with Gasteiger partial charge in [-0.25, -0.2) is 4.39 Å². The summed E-state index contributed by atoms with van der Waals surface area (Å²) in [5.41, 5.74) is -0.508. The van der Waals surface area contributed by atoms with E-state index in [1.165, 1.54) is 35.2 Å². The number of aliphatic hydroxyl groups excluding tert-OH is 1. The van der Waals surface area contributed by atoms with Crippen LogP contribution in [0.2, 0.25) is 0 Å². The van der Waals surface area contributed by atoms with Crippen molar-refractivity contribution in [2.45, 2.75) is 6.10 Å². The van der Waals surface area contributed by atoms with Gasteiger partial charge in [0.2, 0.25) is 0 Å². The SMILES string of the molecule is O=C(c1ccc(=O)n(-c2ccccc2F)n1)N1CC(O)C1. The Labute approximate surface area is 119 Å². The second-order valence-electron chi connectivity index (χ2n) is 4.78. The molecule has 0 unspecified atom stereocenters. The van der Waals surface area contributed by atoms with Crippen LogP contribution in [0.1, 0.15) is 10.5 Å². The Bertz CT molecular complexity index is 753. The fourth-order valence-electron chi connectivity index (χ4n) is 2.10. The maximum Gasteiger partial charge on any atom is 0.274 e. The van der Waals surface area contributed by atoms with Crippen LogP contribution in [0.5, 0.6) is 0 Å². The van der Waals surface area contributed by atoms with Crippen LogP contribution in [-0.2, 0) is 0 Å². The third-order valence-electron chi connectivity index (χ3n) is 3.25. The van der Waals surface area contributed by atoms with Crippen LogP contribution in [-0.4, -0.2) is 44.9 Å². The van der Waals surface area contributed by atoms with Gasteiger partial charge in [-0.05, 0) is 18.2 Å². The Morgan fingerprint density at radius 2 is 1.95 bits per heavy atom. The van der Waals surface area contributed by atoms with Crippen LogP contribution in [0.25, 0.3) is 5.69 Å². The molecule has 6 nitrogen and oxygen atoms in total. The number of carbonyl (C=O) groups is 1. The number of benzene rings is 1. The number of carbonyl (C=O) groups excluding carboxylic acids is 1. The number of hydrogen-bond acceptors (Lipinski definition) is 4. The summed E-state index contributed by atoms with van der Waals surface area (Å²) in [5, 5.41) is 13.1. The number of halogens is 1. The topological polar surface area (TPSA) is 75.4 Å². The zero-order valence-electron chi connectivity index (χ0n) is 10.9. The Balaban J connectivity index is 1.99. The van der Waals surface area contributed by atoms with Crippen LogP contribution < -0.4 is 5.56 Å². The van der Waals surface area contributed by atoms with E-state index in [4.69, 9.17) is 0 Å². The molecule has 7 heteroatoms. The molecule has 0 spiro atoms. The molecule has 0 atom stereocenters. The zero-order valence-corrected chi connectivity index (χ0v) is 10.9. The third-order valence-corrected chi connectivity index (χ3v) is 3.25. The van der Waals surface area contributed by atoms with Gasteiger partial charge in [-0.3, -0.25) is 9.59 Å². The second kappa shape index (κ2) is 5.10. The highest BCUT2D eigenvalue weighted by atomic mass is 19.1. The minimum Gasteiger partial charge on any atom is -0.389 e. The molecule has 1 aliphatic heterocycles. The largest absolute Gasteiger partial charge is 0.389 e. The van der Waals surface area contributed by atoms with E-state index in [0.717, 1.165) is 4.68 Å². The van der Waals surface area contributed by atoms with Crippen LogP contribution in [0.15, 0.2) is 41.2 Å². The van der Waals surface area contributed by atoms with Gasteiger partial charge in [0.1, 0.15) is 17.2 Å². The number of nitrogens with zero attached hydrogens (tertiary/aromatic N) is 3. The van der Waals surface area contributed by atoms with Gasteiger partial charge < -0.3 is 10.0 Å². The lowest BCUT2D eigenvalue weighted by atomic mass is 10.1. The van der Waals surface area contributed by atoms with E-state index >= 15 is 0 Å². The number of likely N-dealkylation sites (tertiary alicyclic amines) is 1. The van der Waals surface area contributed by atoms with Gasteiger partial charge in [0.25, 0.3) is 11.5 Å². The molecule has 1 fully saturated rings. The molecule has 1 aromatic heterocycles. The van der Waals surface area contributed by atoms with Crippen molar-refractivity contribution in [3.8, 4) is 5.69 Å². The van der Waals surface area contributed by atoms with Crippen molar-refractivity contribution in [1.29, 1.82) is 0 Å². The lowest BCUT2D eigenvalue weighted by molar-refractivity contribution is 0.00537. The summed E-state index contributed by atoms with van der Waals surface area (Å²) in [6.45, 7) is 0.471. The van der Waals surface area contributed by atoms with E-state index in [-0.39, 0.29) is 24.5 Å². The van der Waals surface area contributed by atoms with Crippen molar-refractivity contribution >= 4 is 5.91 Å². The average Bonchev–Trinajstić information content (AvgIpc) is 2.45. The van der Waals surface area contributed by atoms with Gasteiger partial charge in [-0.2, -0.15) is 9.78 Å². The molecule has 1 aromatic carbocycles. The van der Waals surface area contributed by atoms with Crippen LogP contribution in [0.4, 0.5) is 4.39 Å². The van der Waals surface area contributed by atoms with Crippen LogP contribution in [0, 0.1) is 5.82 Å². The molecular weight excluding hydrogens is 277 g/mol. The number of hydrogen-bond donors (Lipinski definition) is 1. The average molecular weight is 289 g/mol. The van der Waals surface area contributed by atoms with Gasteiger partial charge in [-0.1, -0.05) is 12.1 Å².